The zero-order chi connectivity index (χ0) is 13.2. The predicted molar refractivity (Wildman–Crippen MR) is 72.2 cm³/mol. The Hall–Kier alpha value is -1.17. The van der Waals surface area contributed by atoms with E-state index in [0.29, 0.717) is 10.6 Å². The number of rotatable bonds is 4. The first-order valence-electron chi connectivity index (χ1n) is 5.04. The number of benzene rings is 1. The lowest BCUT2D eigenvalue weighted by Gasteiger charge is -2.02. The van der Waals surface area contributed by atoms with E-state index in [0.717, 1.165) is 11.3 Å². The van der Waals surface area contributed by atoms with Crippen molar-refractivity contribution in [1.82, 2.24) is 0 Å². The molecule has 0 amide bonds. The van der Waals surface area contributed by atoms with E-state index in [1.54, 1.807) is 23.6 Å². The monoisotopic (exact) mass is 300 g/mol. The summed E-state index contributed by atoms with van der Waals surface area (Å²) in [6.45, 7) is 0. The van der Waals surface area contributed by atoms with Crippen molar-refractivity contribution in [1.29, 1.82) is 0 Å². The molecule has 0 aliphatic carbocycles. The summed E-state index contributed by atoms with van der Waals surface area (Å²) in [6.07, 6.45) is 0. The van der Waals surface area contributed by atoms with Crippen molar-refractivity contribution in [3.8, 4) is 0 Å². The molecule has 6 heteroatoms. The van der Waals surface area contributed by atoms with E-state index in [2.05, 4.69) is 0 Å². The average molecular weight is 301 g/mol. The Bertz CT molecular complexity index is 643. The van der Waals surface area contributed by atoms with Gasteiger partial charge in [-0.2, -0.15) is 0 Å². The highest BCUT2D eigenvalue weighted by molar-refractivity contribution is 7.94. The summed E-state index contributed by atoms with van der Waals surface area (Å²) in [6, 6.07) is 9.31. The smallest absolute Gasteiger partial charge is 0.195 e. The van der Waals surface area contributed by atoms with Crippen LogP contribution in [-0.4, -0.2) is 20.0 Å². The Morgan fingerprint density at radius 1 is 1.17 bits per heavy atom. The lowest BCUT2D eigenvalue weighted by atomic mass is 10.1. The van der Waals surface area contributed by atoms with Gasteiger partial charge in [-0.25, -0.2) is 8.42 Å². The number of halogens is 1. The van der Waals surface area contributed by atoms with Crippen molar-refractivity contribution in [2.45, 2.75) is 4.21 Å². The summed E-state index contributed by atoms with van der Waals surface area (Å²) >= 11 is 6.81. The maximum absolute atomic E-state index is 11.9. The topological polar surface area (TPSA) is 51.2 Å². The van der Waals surface area contributed by atoms with Crippen LogP contribution < -0.4 is 0 Å². The van der Waals surface area contributed by atoms with Crippen LogP contribution in [0.1, 0.15) is 10.4 Å². The van der Waals surface area contributed by atoms with Gasteiger partial charge < -0.3 is 0 Å². The first-order valence-corrected chi connectivity index (χ1v) is 7.95. The van der Waals surface area contributed by atoms with Gasteiger partial charge in [0.15, 0.2) is 15.6 Å². The fourth-order valence-corrected chi connectivity index (χ4v) is 3.85. The minimum atomic E-state index is -3.54. The molecular formula is C12H9ClO3S2. The molecule has 0 saturated carbocycles. The quantitative estimate of drug-likeness (QED) is 0.815. The van der Waals surface area contributed by atoms with Crippen LogP contribution in [0, 0.1) is 0 Å². The van der Waals surface area contributed by atoms with Gasteiger partial charge in [-0.05, 0) is 35.7 Å². The molecule has 0 radical (unpaired) electrons. The summed E-state index contributed by atoms with van der Waals surface area (Å²) in [7, 11) is -3.54. The van der Waals surface area contributed by atoms with Gasteiger partial charge in [0.2, 0.25) is 0 Å². The van der Waals surface area contributed by atoms with Crippen LogP contribution in [-0.2, 0) is 9.84 Å². The fraction of sp³-hybridized carbons (Fsp3) is 0.0833. The largest absolute Gasteiger partial charge is 0.293 e. The molecule has 3 nitrogen and oxygen atoms in total. The zero-order valence-electron chi connectivity index (χ0n) is 9.17. The highest BCUT2D eigenvalue weighted by Gasteiger charge is 2.21. The molecule has 94 valence electrons. The van der Waals surface area contributed by atoms with E-state index >= 15 is 0 Å². The second-order valence-electron chi connectivity index (χ2n) is 3.62. The molecule has 0 bridgehead atoms. The number of carbonyl (C=O) groups excluding carboxylic acids is 1. The van der Waals surface area contributed by atoms with E-state index in [-0.39, 0.29) is 4.21 Å². The van der Waals surface area contributed by atoms with Crippen LogP contribution in [0.15, 0.2) is 46.0 Å². The summed E-state index contributed by atoms with van der Waals surface area (Å²) in [5.74, 6) is -0.949. The molecule has 18 heavy (non-hydrogen) atoms. The van der Waals surface area contributed by atoms with Gasteiger partial charge in [-0.3, -0.25) is 4.79 Å². The maximum Gasteiger partial charge on any atom is 0.195 e. The minimum absolute atomic E-state index is 0.213. The molecule has 0 aliphatic heterocycles. The van der Waals surface area contributed by atoms with Crippen LogP contribution in [0.4, 0.5) is 0 Å². The Balaban J connectivity index is 2.20. The molecule has 0 atom stereocenters. The number of Topliss-reactive ketones (excluding diaryl/α,β-unsaturated/α-hetero) is 1. The number of carbonyl (C=O) groups is 1. The molecule has 0 fully saturated rings. The second-order valence-corrected chi connectivity index (χ2v) is 7.22. The Morgan fingerprint density at radius 2 is 1.83 bits per heavy atom. The average Bonchev–Trinajstić information content (AvgIpc) is 2.83. The number of ketones is 1. The van der Waals surface area contributed by atoms with Crippen LogP contribution in [0.25, 0.3) is 0 Å². The second kappa shape index (κ2) is 5.22. The van der Waals surface area contributed by atoms with Crippen molar-refractivity contribution in [3.63, 3.8) is 0 Å². The predicted octanol–water partition coefficient (Wildman–Crippen LogP) is 3.06. The van der Waals surface area contributed by atoms with Gasteiger partial charge in [0.1, 0.15) is 9.96 Å². The lowest BCUT2D eigenvalue weighted by molar-refractivity contribution is 0.102. The molecule has 0 saturated heterocycles. The summed E-state index contributed by atoms with van der Waals surface area (Å²) < 4.78 is 24.0. The standard InChI is InChI=1S/C12H9ClO3S2/c13-10-5-3-9(4-6-10)11(14)8-18(15,16)12-2-1-7-17-12/h1-7H,8H2. The van der Waals surface area contributed by atoms with E-state index in [1.807, 2.05) is 0 Å². The molecule has 1 aromatic heterocycles. The first kappa shape index (κ1) is 13.3. The SMILES string of the molecule is O=C(CS(=O)(=O)c1cccs1)c1ccc(Cl)cc1. The summed E-state index contributed by atoms with van der Waals surface area (Å²) in [5, 5.41) is 2.17. The normalized spacial score (nSPS) is 11.4. The van der Waals surface area contributed by atoms with Crippen molar-refractivity contribution >= 4 is 38.6 Å². The third-order valence-corrected chi connectivity index (χ3v) is 5.64. The van der Waals surface area contributed by atoms with Gasteiger partial charge in [-0.15, -0.1) is 11.3 Å². The minimum Gasteiger partial charge on any atom is -0.293 e. The van der Waals surface area contributed by atoms with Gasteiger partial charge in [0, 0.05) is 10.6 Å². The molecule has 0 aliphatic rings. The third-order valence-electron chi connectivity index (χ3n) is 2.29. The maximum atomic E-state index is 11.9. The molecular weight excluding hydrogens is 292 g/mol. The van der Waals surface area contributed by atoms with Gasteiger partial charge in [0.25, 0.3) is 0 Å². The van der Waals surface area contributed by atoms with Crippen molar-refractivity contribution in [2.24, 2.45) is 0 Å². The third kappa shape index (κ3) is 2.98. The van der Waals surface area contributed by atoms with Gasteiger partial charge >= 0.3 is 0 Å². The Labute approximate surface area is 114 Å². The van der Waals surface area contributed by atoms with Crippen LogP contribution in [0.2, 0.25) is 5.02 Å². The van der Waals surface area contributed by atoms with Gasteiger partial charge in [0.05, 0.1) is 0 Å². The Morgan fingerprint density at radius 3 is 2.39 bits per heavy atom. The molecule has 2 aromatic rings. The fourth-order valence-electron chi connectivity index (χ4n) is 1.40. The summed E-state index contributed by atoms with van der Waals surface area (Å²) in [5.41, 5.74) is 0.347. The molecule has 1 aromatic carbocycles. The highest BCUT2D eigenvalue weighted by atomic mass is 35.5. The van der Waals surface area contributed by atoms with Crippen LogP contribution >= 0.6 is 22.9 Å². The van der Waals surface area contributed by atoms with Crippen molar-refractivity contribution < 1.29 is 13.2 Å². The molecule has 0 N–H and O–H groups in total. The number of hydrogen-bond acceptors (Lipinski definition) is 4. The molecule has 2 rings (SSSR count). The number of sulfone groups is 1. The van der Waals surface area contributed by atoms with Crippen molar-refractivity contribution in [3.05, 3.63) is 52.4 Å². The molecule has 0 spiro atoms. The highest BCUT2D eigenvalue weighted by Crippen LogP contribution is 2.19. The molecule has 0 unspecified atom stereocenters. The van der Waals surface area contributed by atoms with Crippen LogP contribution in [0.3, 0.4) is 0 Å². The van der Waals surface area contributed by atoms with Gasteiger partial charge in [-0.1, -0.05) is 17.7 Å². The van der Waals surface area contributed by atoms with E-state index in [1.165, 1.54) is 18.2 Å². The Kier molecular flexibility index (Phi) is 3.85. The van der Waals surface area contributed by atoms with Crippen molar-refractivity contribution in [2.75, 3.05) is 5.75 Å². The first-order chi connectivity index (χ1) is 8.49. The van der Waals surface area contributed by atoms with E-state index in [9.17, 15) is 13.2 Å². The number of thiophene rings is 1. The number of hydrogen-bond donors (Lipinski definition) is 0. The van der Waals surface area contributed by atoms with E-state index in [4.69, 9.17) is 11.6 Å². The lowest BCUT2D eigenvalue weighted by Crippen LogP contribution is -2.15. The summed E-state index contributed by atoms with van der Waals surface area (Å²) in [4.78, 5) is 11.8. The van der Waals surface area contributed by atoms with E-state index < -0.39 is 21.4 Å². The zero-order valence-corrected chi connectivity index (χ0v) is 11.6. The van der Waals surface area contributed by atoms with Crippen LogP contribution in [0.5, 0.6) is 0 Å². The molecule has 1 heterocycles.